The lowest BCUT2D eigenvalue weighted by Gasteiger charge is -2.25. The first kappa shape index (κ1) is 26.3. The van der Waals surface area contributed by atoms with Crippen molar-refractivity contribution < 1.29 is 24.2 Å². The second kappa shape index (κ2) is 11.9. The lowest BCUT2D eigenvalue weighted by Crippen LogP contribution is -2.41. The molecule has 2 aromatic rings. The van der Waals surface area contributed by atoms with Crippen LogP contribution in [-0.4, -0.2) is 42.3 Å². The maximum Gasteiger partial charge on any atom is 0.407 e. The summed E-state index contributed by atoms with van der Waals surface area (Å²) in [6.07, 6.45) is 2.14. The van der Waals surface area contributed by atoms with Crippen molar-refractivity contribution in [2.24, 2.45) is 5.41 Å². The van der Waals surface area contributed by atoms with Gasteiger partial charge in [-0.15, -0.1) is 0 Å². The molecule has 3 N–H and O–H groups in total. The van der Waals surface area contributed by atoms with Gasteiger partial charge >= 0.3 is 12.1 Å². The minimum atomic E-state index is -1.01. The highest BCUT2D eigenvalue weighted by atomic mass is 16.5. The zero-order valence-electron chi connectivity index (χ0n) is 20.8. The van der Waals surface area contributed by atoms with Crippen LogP contribution in [0.1, 0.15) is 69.9 Å². The predicted molar refractivity (Wildman–Crippen MR) is 135 cm³/mol. The Balaban J connectivity index is 1.42. The summed E-state index contributed by atoms with van der Waals surface area (Å²) in [7, 11) is 0. The van der Waals surface area contributed by atoms with Crippen LogP contribution in [0.4, 0.5) is 4.79 Å². The van der Waals surface area contributed by atoms with Crippen molar-refractivity contribution in [3.63, 3.8) is 0 Å². The van der Waals surface area contributed by atoms with E-state index < -0.39 is 18.1 Å². The number of hydrogen-bond donors (Lipinski definition) is 3. The largest absolute Gasteiger partial charge is 0.480 e. The molecule has 0 radical (unpaired) electrons. The molecule has 1 aliphatic rings. The van der Waals surface area contributed by atoms with Crippen LogP contribution < -0.4 is 10.6 Å². The van der Waals surface area contributed by atoms with E-state index in [2.05, 4.69) is 34.9 Å². The minimum Gasteiger partial charge on any atom is -0.480 e. The highest BCUT2D eigenvalue weighted by molar-refractivity contribution is 5.83. The fourth-order valence-electron chi connectivity index (χ4n) is 4.54. The van der Waals surface area contributed by atoms with Gasteiger partial charge in [0.2, 0.25) is 5.91 Å². The molecular weight excluding hydrogens is 444 g/mol. The van der Waals surface area contributed by atoms with Crippen molar-refractivity contribution in [3.8, 4) is 11.1 Å². The van der Waals surface area contributed by atoms with Crippen molar-refractivity contribution in [1.82, 2.24) is 10.6 Å². The van der Waals surface area contributed by atoms with Gasteiger partial charge in [-0.2, -0.15) is 0 Å². The number of carbonyl (C=O) groups is 3. The van der Waals surface area contributed by atoms with Crippen LogP contribution in [0.5, 0.6) is 0 Å². The van der Waals surface area contributed by atoms with Crippen LogP contribution in [0, 0.1) is 5.41 Å². The van der Waals surface area contributed by atoms with E-state index in [-0.39, 0.29) is 30.3 Å². The fraction of sp³-hybridized carbons (Fsp3) is 0.464. The highest BCUT2D eigenvalue weighted by Gasteiger charge is 2.29. The molecule has 0 fully saturated rings. The van der Waals surface area contributed by atoms with Gasteiger partial charge in [-0.05, 0) is 46.9 Å². The van der Waals surface area contributed by atoms with E-state index in [0.717, 1.165) is 0 Å². The number of carboxylic acid groups (broad SMARTS) is 1. The molecule has 7 nitrogen and oxygen atoms in total. The number of carboxylic acids is 1. The highest BCUT2D eigenvalue weighted by Crippen LogP contribution is 2.44. The standard InChI is InChI=1S/C28H36N2O5/c1-4-9-24(26(32)33)30-25(31)14-15-28(2,3)16-17-29-27(34)35-18-23-21-12-7-5-10-19(21)20-11-6-8-13-22(20)23/h5-8,10-13,23-24H,4,9,14-18H2,1-3H3,(H,29,34)(H,30,31)(H,32,33)/t24-/m0/s1. The van der Waals surface area contributed by atoms with E-state index in [0.29, 0.717) is 32.2 Å². The average molecular weight is 481 g/mol. The zero-order valence-corrected chi connectivity index (χ0v) is 20.8. The summed E-state index contributed by atoms with van der Waals surface area (Å²) in [5.74, 6) is -1.25. The quantitative estimate of drug-likeness (QED) is 0.392. The van der Waals surface area contributed by atoms with Crippen LogP contribution in [-0.2, 0) is 14.3 Å². The zero-order chi connectivity index (χ0) is 25.4. The number of carbonyl (C=O) groups excluding carboxylic acids is 2. The molecule has 0 heterocycles. The van der Waals surface area contributed by atoms with Gasteiger partial charge in [0.05, 0.1) is 0 Å². The molecule has 2 aromatic carbocycles. The van der Waals surface area contributed by atoms with Gasteiger partial charge in [-0.3, -0.25) is 4.79 Å². The molecule has 1 aliphatic carbocycles. The fourth-order valence-corrected chi connectivity index (χ4v) is 4.54. The Hall–Kier alpha value is -3.35. The number of hydrogen-bond acceptors (Lipinski definition) is 4. The number of nitrogens with one attached hydrogen (secondary N) is 2. The lowest BCUT2D eigenvalue weighted by molar-refractivity contribution is -0.142. The van der Waals surface area contributed by atoms with Gasteiger partial charge in [0.1, 0.15) is 12.6 Å². The van der Waals surface area contributed by atoms with Crippen LogP contribution >= 0.6 is 0 Å². The normalized spacial score (nSPS) is 13.5. The van der Waals surface area contributed by atoms with Crippen molar-refractivity contribution in [1.29, 1.82) is 0 Å². The predicted octanol–water partition coefficient (Wildman–Crippen LogP) is 5.09. The number of amides is 2. The van der Waals surface area contributed by atoms with Crippen LogP contribution in [0.15, 0.2) is 48.5 Å². The summed E-state index contributed by atoms with van der Waals surface area (Å²) in [6, 6.07) is 15.6. The molecule has 188 valence electrons. The summed E-state index contributed by atoms with van der Waals surface area (Å²) < 4.78 is 5.57. The Morgan fingerprint density at radius 1 is 1.00 bits per heavy atom. The first-order chi connectivity index (χ1) is 16.7. The summed E-state index contributed by atoms with van der Waals surface area (Å²) in [6.45, 7) is 6.64. The van der Waals surface area contributed by atoms with E-state index in [1.807, 2.05) is 45.0 Å². The smallest absolute Gasteiger partial charge is 0.407 e. The first-order valence-electron chi connectivity index (χ1n) is 12.3. The number of alkyl carbamates (subject to hydrolysis) is 1. The summed E-state index contributed by atoms with van der Waals surface area (Å²) in [5.41, 5.74) is 4.52. The Labute approximate surface area is 207 Å². The van der Waals surface area contributed by atoms with Crippen molar-refractivity contribution in [2.45, 2.75) is 64.8 Å². The van der Waals surface area contributed by atoms with Crippen LogP contribution in [0.2, 0.25) is 0 Å². The molecule has 0 saturated carbocycles. The maximum atomic E-state index is 12.4. The van der Waals surface area contributed by atoms with Crippen molar-refractivity contribution in [3.05, 3.63) is 59.7 Å². The van der Waals surface area contributed by atoms with Gasteiger partial charge in [0.15, 0.2) is 0 Å². The maximum absolute atomic E-state index is 12.4. The third kappa shape index (κ3) is 7.07. The number of fused-ring (bicyclic) bond motifs is 3. The SMILES string of the molecule is CCC[C@H](NC(=O)CCC(C)(C)CCNC(=O)OCC1c2ccccc2-c2ccccc21)C(=O)O. The molecular formula is C28H36N2O5. The number of benzene rings is 2. The Bertz CT molecular complexity index is 1000. The van der Waals surface area contributed by atoms with E-state index in [4.69, 9.17) is 4.74 Å². The molecule has 3 rings (SSSR count). The third-order valence-corrected chi connectivity index (χ3v) is 6.65. The summed E-state index contributed by atoms with van der Waals surface area (Å²) in [4.78, 5) is 35.8. The molecule has 35 heavy (non-hydrogen) atoms. The first-order valence-corrected chi connectivity index (χ1v) is 12.3. The molecule has 0 aliphatic heterocycles. The number of ether oxygens (including phenoxy) is 1. The van der Waals surface area contributed by atoms with E-state index in [1.165, 1.54) is 22.3 Å². The molecule has 0 saturated heterocycles. The minimum absolute atomic E-state index is 0.0189. The van der Waals surface area contributed by atoms with Gasteiger partial charge in [-0.25, -0.2) is 9.59 Å². The number of aliphatic carboxylic acids is 1. The van der Waals surface area contributed by atoms with Crippen molar-refractivity contribution >= 4 is 18.0 Å². The van der Waals surface area contributed by atoms with E-state index in [9.17, 15) is 19.5 Å². The lowest BCUT2D eigenvalue weighted by atomic mass is 9.84. The van der Waals surface area contributed by atoms with Crippen LogP contribution in [0.25, 0.3) is 11.1 Å². The van der Waals surface area contributed by atoms with Crippen molar-refractivity contribution in [2.75, 3.05) is 13.2 Å². The molecule has 0 aromatic heterocycles. The number of rotatable bonds is 12. The van der Waals surface area contributed by atoms with E-state index in [1.54, 1.807) is 0 Å². The van der Waals surface area contributed by atoms with Gasteiger partial charge in [0, 0.05) is 18.9 Å². The van der Waals surface area contributed by atoms with Crippen LogP contribution in [0.3, 0.4) is 0 Å². The topological polar surface area (TPSA) is 105 Å². The average Bonchev–Trinajstić information content (AvgIpc) is 3.15. The van der Waals surface area contributed by atoms with Gasteiger partial charge < -0.3 is 20.5 Å². The summed E-state index contributed by atoms with van der Waals surface area (Å²) >= 11 is 0. The van der Waals surface area contributed by atoms with Gasteiger partial charge in [0.25, 0.3) is 0 Å². The molecule has 0 unspecified atom stereocenters. The monoisotopic (exact) mass is 480 g/mol. The molecule has 2 amide bonds. The van der Waals surface area contributed by atoms with E-state index >= 15 is 0 Å². The molecule has 0 spiro atoms. The Morgan fingerprint density at radius 3 is 2.17 bits per heavy atom. The second-order valence-electron chi connectivity index (χ2n) is 9.91. The van der Waals surface area contributed by atoms with Gasteiger partial charge in [-0.1, -0.05) is 75.7 Å². The Kier molecular flexibility index (Phi) is 8.90. The Morgan fingerprint density at radius 2 is 1.60 bits per heavy atom. The molecule has 0 bridgehead atoms. The second-order valence-corrected chi connectivity index (χ2v) is 9.91. The molecule has 1 atom stereocenters. The summed E-state index contributed by atoms with van der Waals surface area (Å²) in [5, 5.41) is 14.6. The molecule has 7 heteroatoms. The third-order valence-electron chi connectivity index (χ3n) is 6.65.